The summed E-state index contributed by atoms with van der Waals surface area (Å²) < 4.78 is 5.70. The van der Waals surface area contributed by atoms with Crippen molar-refractivity contribution in [2.24, 2.45) is 5.73 Å². The molecule has 0 bridgehead atoms. The largest absolute Gasteiger partial charge is 0.491 e. The summed E-state index contributed by atoms with van der Waals surface area (Å²) in [6.07, 6.45) is 0.115. The molecule has 0 radical (unpaired) electrons. The Morgan fingerprint density at radius 2 is 1.74 bits per heavy atom. The molecule has 0 aliphatic carbocycles. The molecule has 1 atom stereocenters. The molecule has 0 spiro atoms. The third-order valence-electron chi connectivity index (χ3n) is 3.52. The quantitative estimate of drug-likeness (QED) is 0.884. The summed E-state index contributed by atoms with van der Waals surface area (Å²) in [5, 5.41) is 2.86. The van der Waals surface area contributed by atoms with Crippen molar-refractivity contribution in [1.29, 1.82) is 0 Å². The third kappa shape index (κ3) is 4.57. The number of benzene rings is 2. The maximum absolute atomic E-state index is 12.3. The fraction of sp³-hybridized carbons (Fsp3) is 0.316. The first-order valence-corrected chi connectivity index (χ1v) is 7.77. The van der Waals surface area contributed by atoms with Gasteiger partial charge >= 0.3 is 0 Å². The molecule has 0 aliphatic rings. The van der Waals surface area contributed by atoms with E-state index in [1.807, 2.05) is 70.2 Å². The van der Waals surface area contributed by atoms with Gasteiger partial charge in [0.25, 0.3) is 0 Å². The van der Waals surface area contributed by atoms with Crippen LogP contribution in [0, 0.1) is 13.8 Å². The van der Waals surface area contributed by atoms with E-state index in [0.29, 0.717) is 5.69 Å². The molecule has 4 heteroatoms. The van der Waals surface area contributed by atoms with Gasteiger partial charge in [0.15, 0.2) is 0 Å². The predicted octanol–water partition coefficient (Wildman–Crippen LogP) is 3.73. The van der Waals surface area contributed by atoms with Crippen LogP contribution in [-0.4, -0.2) is 12.0 Å². The molecule has 0 saturated heterocycles. The van der Waals surface area contributed by atoms with Gasteiger partial charge < -0.3 is 15.8 Å². The minimum Gasteiger partial charge on any atom is -0.491 e. The van der Waals surface area contributed by atoms with Crippen molar-refractivity contribution in [1.82, 2.24) is 0 Å². The second kappa shape index (κ2) is 7.29. The Labute approximate surface area is 137 Å². The summed E-state index contributed by atoms with van der Waals surface area (Å²) in [4.78, 5) is 12.3. The molecule has 1 amide bonds. The van der Waals surface area contributed by atoms with Crippen LogP contribution in [0.3, 0.4) is 0 Å². The lowest BCUT2D eigenvalue weighted by molar-refractivity contribution is -0.117. The number of carbonyl (C=O) groups excluding carboxylic acids is 1. The molecule has 0 heterocycles. The minimum atomic E-state index is -0.692. The van der Waals surface area contributed by atoms with Gasteiger partial charge in [-0.15, -0.1) is 0 Å². The van der Waals surface area contributed by atoms with E-state index >= 15 is 0 Å². The highest BCUT2D eigenvalue weighted by molar-refractivity contribution is 5.95. The lowest BCUT2D eigenvalue weighted by Crippen LogP contribution is -2.27. The van der Waals surface area contributed by atoms with Crippen molar-refractivity contribution in [2.75, 3.05) is 5.32 Å². The van der Waals surface area contributed by atoms with E-state index in [0.717, 1.165) is 22.4 Å². The molecule has 0 aliphatic heterocycles. The van der Waals surface area contributed by atoms with Crippen LogP contribution < -0.4 is 15.8 Å². The lowest BCUT2D eigenvalue weighted by atomic mass is 10.1. The number of aryl methyl sites for hydroxylation is 2. The third-order valence-corrected chi connectivity index (χ3v) is 3.52. The first-order chi connectivity index (χ1) is 10.9. The Kier molecular flexibility index (Phi) is 5.40. The average Bonchev–Trinajstić information content (AvgIpc) is 2.49. The zero-order chi connectivity index (χ0) is 17.0. The average molecular weight is 312 g/mol. The van der Waals surface area contributed by atoms with Gasteiger partial charge in [0, 0.05) is 5.69 Å². The maximum Gasteiger partial charge on any atom is 0.245 e. The number of nitrogens with two attached hydrogens (primary N) is 1. The van der Waals surface area contributed by atoms with Crippen LogP contribution in [0.1, 0.15) is 36.6 Å². The van der Waals surface area contributed by atoms with Crippen LogP contribution in [-0.2, 0) is 4.79 Å². The first-order valence-electron chi connectivity index (χ1n) is 7.77. The van der Waals surface area contributed by atoms with Crippen LogP contribution in [0.2, 0.25) is 0 Å². The van der Waals surface area contributed by atoms with Gasteiger partial charge in [-0.25, -0.2) is 0 Å². The van der Waals surface area contributed by atoms with Gasteiger partial charge in [0.1, 0.15) is 11.8 Å². The Morgan fingerprint density at radius 3 is 2.30 bits per heavy atom. The van der Waals surface area contributed by atoms with Crippen molar-refractivity contribution in [3.63, 3.8) is 0 Å². The molecular formula is C19H24N2O2. The van der Waals surface area contributed by atoms with Gasteiger partial charge in [0.05, 0.1) is 6.10 Å². The normalized spacial score (nSPS) is 12.1. The number of hydrogen-bond donors (Lipinski definition) is 2. The van der Waals surface area contributed by atoms with Crippen LogP contribution in [0.25, 0.3) is 0 Å². The Balaban J connectivity index is 2.07. The molecule has 2 rings (SSSR count). The van der Waals surface area contributed by atoms with Crippen molar-refractivity contribution < 1.29 is 9.53 Å². The van der Waals surface area contributed by atoms with E-state index in [1.165, 1.54) is 0 Å². The monoisotopic (exact) mass is 312 g/mol. The SMILES string of the molecule is Cc1ccc(C(N)C(=O)Nc2ccc(OC(C)C)c(C)c2)cc1. The van der Waals surface area contributed by atoms with E-state index < -0.39 is 6.04 Å². The summed E-state index contributed by atoms with van der Waals surface area (Å²) in [6.45, 7) is 7.91. The number of carbonyl (C=O) groups is 1. The topological polar surface area (TPSA) is 64.4 Å². The van der Waals surface area contributed by atoms with Gasteiger partial charge in [-0.05, 0) is 57.0 Å². The fourth-order valence-electron chi connectivity index (χ4n) is 2.26. The maximum atomic E-state index is 12.3. The Bertz CT molecular complexity index is 678. The number of amides is 1. The highest BCUT2D eigenvalue weighted by Crippen LogP contribution is 2.23. The lowest BCUT2D eigenvalue weighted by Gasteiger charge is -2.16. The second-order valence-electron chi connectivity index (χ2n) is 6.02. The standard InChI is InChI=1S/C19H24N2O2/c1-12(2)23-17-10-9-16(11-14(17)4)21-19(22)18(20)15-7-5-13(3)6-8-15/h5-12,18H,20H2,1-4H3,(H,21,22). The molecule has 2 aromatic rings. The molecule has 23 heavy (non-hydrogen) atoms. The molecule has 2 aromatic carbocycles. The highest BCUT2D eigenvalue weighted by atomic mass is 16.5. The van der Waals surface area contributed by atoms with Crippen molar-refractivity contribution in [2.45, 2.75) is 39.8 Å². The van der Waals surface area contributed by atoms with Crippen molar-refractivity contribution in [3.8, 4) is 5.75 Å². The number of nitrogens with one attached hydrogen (secondary N) is 1. The van der Waals surface area contributed by atoms with E-state index in [4.69, 9.17) is 10.5 Å². The molecule has 4 nitrogen and oxygen atoms in total. The van der Waals surface area contributed by atoms with Crippen molar-refractivity contribution in [3.05, 3.63) is 59.2 Å². The number of anilines is 1. The van der Waals surface area contributed by atoms with Crippen LogP contribution >= 0.6 is 0 Å². The molecule has 122 valence electrons. The van der Waals surface area contributed by atoms with E-state index in [9.17, 15) is 4.79 Å². The first kappa shape index (κ1) is 17.0. The summed E-state index contributed by atoms with van der Waals surface area (Å²) in [7, 11) is 0. The smallest absolute Gasteiger partial charge is 0.245 e. The summed E-state index contributed by atoms with van der Waals surface area (Å²) in [5.41, 5.74) is 9.65. The molecular weight excluding hydrogens is 288 g/mol. The van der Waals surface area contributed by atoms with E-state index in [-0.39, 0.29) is 12.0 Å². The highest BCUT2D eigenvalue weighted by Gasteiger charge is 2.16. The molecule has 0 saturated carbocycles. The van der Waals surface area contributed by atoms with Crippen molar-refractivity contribution >= 4 is 11.6 Å². The number of rotatable bonds is 5. The molecule has 1 unspecified atom stereocenters. The zero-order valence-corrected chi connectivity index (χ0v) is 14.1. The van der Waals surface area contributed by atoms with Gasteiger partial charge in [0.2, 0.25) is 5.91 Å². The second-order valence-corrected chi connectivity index (χ2v) is 6.02. The minimum absolute atomic E-state index is 0.115. The van der Waals surface area contributed by atoms with Gasteiger partial charge in [-0.1, -0.05) is 29.8 Å². The van der Waals surface area contributed by atoms with Gasteiger partial charge in [-0.2, -0.15) is 0 Å². The summed E-state index contributed by atoms with van der Waals surface area (Å²) in [5.74, 6) is 0.589. The number of hydrogen-bond acceptors (Lipinski definition) is 3. The molecule has 0 aromatic heterocycles. The van der Waals surface area contributed by atoms with E-state index in [1.54, 1.807) is 0 Å². The Morgan fingerprint density at radius 1 is 1.09 bits per heavy atom. The van der Waals surface area contributed by atoms with Gasteiger partial charge in [-0.3, -0.25) is 4.79 Å². The Hall–Kier alpha value is -2.33. The summed E-state index contributed by atoms with van der Waals surface area (Å²) >= 11 is 0. The molecule has 3 N–H and O–H groups in total. The van der Waals surface area contributed by atoms with E-state index in [2.05, 4.69) is 5.32 Å². The number of ether oxygens (including phenoxy) is 1. The fourth-order valence-corrected chi connectivity index (χ4v) is 2.26. The summed E-state index contributed by atoms with van der Waals surface area (Å²) in [6, 6.07) is 12.5. The van der Waals surface area contributed by atoms with Crippen LogP contribution in [0.5, 0.6) is 5.75 Å². The molecule has 0 fully saturated rings. The van der Waals surface area contributed by atoms with Crippen LogP contribution in [0.4, 0.5) is 5.69 Å². The predicted molar refractivity (Wildman–Crippen MR) is 93.7 cm³/mol. The zero-order valence-electron chi connectivity index (χ0n) is 14.1. The van der Waals surface area contributed by atoms with Crippen LogP contribution in [0.15, 0.2) is 42.5 Å².